The number of thioether (sulfide) groups is 1. The van der Waals surface area contributed by atoms with Crippen molar-refractivity contribution in [2.24, 2.45) is 0 Å². The summed E-state index contributed by atoms with van der Waals surface area (Å²) in [4.78, 5) is 35.9. The number of rotatable bonds is 6. The average Bonchev–Trinajstić information content (AvgIpc) is 3.10. The van der Waals surface area contributed by atoms with E-state index in [0.29, 0.717) is 17.0 Å². The summed E-state index contributed by atoms with van der Waals surface area (Å²) < 4.78 is 0. The smallest absolute Gasteiger partial charge is 0.221 e. The topological polar surface area (TPSA) is 72.0 Å². The molecule has 1 aliphatic carbocycles. The molecule has 3 aromatic rings. The Morgan fingerprint density at radius 2 is 1.90 bits per heavy atom. The Hall–Kier alpha value is -2.25. The highest BCUT2D eigenvalue weighted by Crippen LogP contribution is 2.39. The minimum atomic E-state index is -0.127. The quantitative estimate of drug-likeness (QED) is 0.339. The molecule has 1 N–H and O–H groups in total. The number of carbonyl (C=O) groups is 2. The van der Waals surface area contributed by atoms with E-state index in [1.54, 1.807) is 35.6 Å². The lowest BCUT2D eigenvalue weighted by atomic mass is 9.97. The number of carbonyl (C=O) groups excluding carboxylic acids is 2. The Labute approximate surface area is 178 Å². The van der Waals surface area contributed by atoms with Crippen LogP contribution in [0.3, 0.4) is 0 Å². The van der Waals surface area contributed by atoms with Gasteiger partial charge >= 0.3 is 0 Å². The van der Waals surface area contributed by atoms with E-state index in [9.17, 15) is 9.59 Å². The predicted molar refractivity (Wildman–Crippen MR) is 119 cm³/mol. The molecule has 29 heavy (non-hydrogen) atoms. The number of anilines is 1. The third-order valence-electron chi connectivity index (χ3n) is 5.01. The van der Waals surface area contributed by atoms with Gasteiger partial charge < -0.3 is 5.32 Å². The summed E-state index contributed by atoms with van der Waals surface area (Å²) in [6.07, 6.45) is 5.43. The van der Waals surface area contributed by atoms with E-state index in [4.69, 9.17) is 9.97 Å². The van der Waals surface area contributed by atoms with Crippen LogP contribution in [0.15, 0.2) is 29.3 Å². The van der Waals surface area contributed by atoms with E-state index < -0.39 is 0 Å². The van der Waals surface area contributed by atoms with Gasteiger partial charge in [0, 0.05) is 34.9 Å². The molecule has 1 aromatic carbocycles. The van der Waals surface area contributed by atoms with Crippen LogP contribution < -0.4 is 5.32 Å². The first kappa shape index (κ1) is 20.0. The van der Waals surface area contributed by atoms with Crippen LogP contribution in [0.2, 0.25) is 0 Å². The summed E-state index contributed by atoms with van der Waals surface area (Å²) >= 11 is 3.31. The van der Waals surface area contributed by atoms with Crippen LogP contribution in [-0.2, 0) is 24.1 Å². The maximum Gasteiger partial charge on any atom is 0.221 e. The van der Waals surface area contributed by atoms with Crippen LogP contribution in [0.4, 0.5) is 5.69 Å². The number of ketones is 1. The van der Waals surface area contributed by atoms with E-state index in [1.165, 1.54) is 47.4 Å². The lowest BCUT2D eigenvalue weighted by molar-refractivity contribution is -0.114. The Bertz CT molecular complexity index is 1070. The SMILES string of the molecule is CCc1nc(SCC(=O)c2ccc(NC(C)=O)cc2)c2c3c(sc2n1)CCCC3. The summed E-state index contributed by atoms with van der Waals surface area (Å²) in [5, 5.41) is 4.82. The predicted octanol–water partition coefficient (Wildman–Crippen LogP) is 5.07. The first-order chi connectivity index (χ1) is 14.0. The minimum Gasteiger partial charge on any atom is -0.326 e. The molecule has 0 bridgehead atoms. The molecule has 5 nitrogen and oxygen atoms in total. The molecule has 0 radical (unpaired) electrons. The Morgan fingerprint density at radius 1 is 1.14 bits per heavy atom. The zero-order chi connectivity index (χ0) is 20.4. The molecular weight excluding hydrogens is 402 g/mol. The molecule has 1 aliphatic rings. The van der Waals surface area contributed by atoms with Gasteiger partial charge in [-0.15, -0.1) is 11.3 Å². The number of amides is 1. The first-order valence-electron chi connectivity index (χ1n) is 9.90. The summed E-state index contributed by atoms with van der Waals surface area (Å²) in [7, 11) is 0. The van der Waals surface area contributed by atoms with Crippen molar-refractivity contribution in [3.8, 4) is 0 Å². The van der Waals surface area contributed by atoms with Crippen LogP contribution in [0.25, 0.3) is 10.2 Å². The number of thiophene rings is 1. The number of fused-ring (bicyclic) bond motifs is 3. The molecule has 0 atom stereocenters. The Balaban J connectivity index is 1.56. The fourth-order valence-electron chi connectivity index (χ4n) is 3.59. The van der Waals surface area contributed by atoms with Gasteiger partial charge in [-0.1, -0.05) is 18.7 Å². The van der Waals surface area contributed by atoms with Crippen LogP contribution in [0.1, 0.15) is 53.3 Å². The highest BCUT2D eigenvalue weighted by molar-refractivity contribution is 8.00. The van der Waals surface area contributed by atoms with E-state index in [2.05, 4.69) is 12.2 Å². The van der Waals surface area contributed by atoms with Gasteiger partial charge in [0.25, 0.3) is 0 Å². The third-order valence-corrected chi connectivity index (χ3v) is 7.17. The maximum atomic E-state index is 12.7. The van der Waals surface area contributed by atoms with Gasteiger partial charge in [-0.05, 0) is 55.5 Å². The second-order valence-electron chi connectivity index (χ2n) is 7.16. The molecule has 7 heteroatoms. The van der Waals surface area contributed by atoms with Gasteiger partial charge in [0.2, 0.25) is 5.91 Å². The number of nitrogens with one attached hydrogen (secondary N) is 1. The molecule has 0 spiro atoms. The van der Waals surface area contributed by atoms with Gasteiger partial charge in [-0.25, -0.2) is 9.97 Å². The average molecular weight is 426 g/mol. The van der Waals surface area contributed by atoms with E-state index in [-0.39, 0.29) is 11.7 Å². The van der Waals surface area contributed by atoms with Crippen molar-refractivity contribution in [1.82, 2.24) is 9.97 Å². The molecule has 2 aromatic heterocycles. The zero-order valence-corrected chi connectivity index (χ0v) is 18.2. The molecule has 1 amide bonds. The summed E-state index contributed by atoms with van der Waals surface area (Å²) in [5.41, 5.74) is 2.73. The normalized spacial score (nSPS) is 13.3. The minimum absolute atomic E-state index is 0.0540. The highest BCUT2D eigenvalue weighted by Gasteiger charge is 2.21. The summed E-state index contributed by atoms with van der Waals surface area (Å²) in [6.45, 7) is 3.52. The van der Waals surface area contributed by atoms with Crippen molar-refractivity contribution in [2.75, 3.05) is 11.1 Å². The van der Waals surface area contributed by atoms with Crippen molar-refractivity contribution in [2.45, 2.75) is 51.0 Å². The molecule has 4 rings (SSSR count). The first-order valence-corrected chi connectivity index (χ1v) is 11.7. The van der Waals surface area contributed by atoms with Crippen LogP contribution in [-0.4, -0.2) is 27.4 Å². The lowest BCUT2D eigenvalue weighted by Gasteiger charge is -2.12. The molecule has 0 unspecified atom stereocenters. The number of nitrogens with zero attached hydrogens (tertiary/aromatic N) is 2. The van der Waals surface area contributed by atoms with E-state index in [1.807, 2.05) is 0 Å². The number of Topliss-reactive ketones (excluding diaryl/α,β-unsaturated/α-hetero) is 1. The zero-order valence-electron chi connectivity index (χ0n) is 16.6. The molecule has 0 fully saturated rings. The third kappa shape index (κ3) is 4.36. The second-order valence-corrected chi connectivity index (χ2v) is 9.21. The Morgan fingerprint density at radius 3 is 2.62 bits per heavy atom. The summed E-state index contributed by atoms with van der Waals surface area (Å²) in [5.74, 6) is 1.10. The van der Waals surface area contributed by atoms with Gasteiger partial charge in [-0.3, -0.25) is 9.59 Å². The second kappa shape index (κ2) is 8.63. The monoisotopic (exact) mass is 425 g/mol. The van der Waals surface area contributed by atoms with Gasteiger partial charge in [0.05, 0.1) is 5.75 Å². The number of hydrogen-bond donors (Lipinski definition) is 1. The number of benzene rings is 1. The van der Waals surface area contributed by atoms with Crippen molar-refractivity contribution >= 4 is 50.7 Å². The molecule has 0 aliphatic heterocycles. The largest absolute Gasteiger partial charge is 0.326 e. The highest BCUT2D eigenvalue weighted by atomic mass is 32.2. The van der Waals surface area contributed by atoms with Crippen molar-refractivity contribution < 1.29 is 9.59 Å². The van der Waals surface area contributed by atoms with Gasteiger partial charge in [0.15, 0.2) is 5.78 Å². The van der Waals surface area contributed by atoms with Gasteiger partial charge in [0.1, 0.15) is 15.7 Å². The number of hydrogen-bond acceptors (Lipinski definition) is 6. The van der Waals surface area contributed by atoms with Crippen molar-refractivity contribution in [3.63, 3.8) is 0 Å². The summed E-state index contributed by atoms with van der Waals surface area (Å²) in [6, 6.07) is 7.03. The molecule has 2 heterocycles. The molecule has 150 valence electrons. The van der Waals surface area contributed by atoms with Crippen LogP contribution >= 0.6 is 23.1 Å². The molecule has 0 saturated heterocycles. The molecule has 0 saturated carbocycles. The maximum absolute atomic E-state index is 12.7. The van der Waals surface area contributed by atoms with Crippen LogP contribution in [0.5, 0.6) is 0 Å². The number of aromatic nitrogens is 2. The lowest BCUT2D eigenvalue weighted by Crippen LogP contribution is -2.07. The number of aryl methyl sites for hydroxylation is 3. The van der Waals surface area contributed by atoms with E-state index >= 15 is 0 Å². The standard InChI is InChI=1S/C22H23N3O2S2/c1-3-19-24-21(20-16-6-4-5-7-18(16)29-22(20)25-19)28-12-17(27)14-8-10-15(11-9-14)23-13(2)26/h8-11H,3-7,12H2,1-2H3,(H,23,26). The molecular formula is C22H23N3O2S2. The van der Waals surface area contributed by atoms with Crippen molar-refractivity contribution in [3.05, 3.63) is 46.1 Å². The van der Waals surface area contributed by atoms with Crippen LogP contribution in [0, 0.1) is 0 Å². The Kier molecular flexibility index (Phi) is 5.96. The van der Waals surface area contributed by atoms with Gasteiger partial charge in [-0.2, -0.15) is 0 Å². The van der Waals surface area contributed by atoms with E-state index in [0.717, 1.165) is 34.9 Å². The fourth-order valence-corrected chi connectivity index (χ4v) is 5.90. The fraction of sp³-hybridized carbons (Fsp3) is 0.364. The van der Waals surface area contributed by atoms with Crippen molar-refractivity contribution in [1.29, 1.82) is 0 Å².